The van der Waals surface area contributed by atoms with Gasteiger partial charge in [0.05, 0.1) is 0 Å². The highest BCUT2D eigenvalue weighted by atomic mass is 16.2. The fourth-order valence-electron chi connectivity index (χ4n) is 3.90. The quantitative estimate of drug-likeness (QED) is 0.743. The van der Waals surface area contributed by atoms with Crippen LogP contribution < -0.4 is 0 Å². The highest BCUT2D eigenvalue weighted by molar-refractivity contribution is 5.76. The lowest BCUT2D eigenvalue weighted by Gasteiger charge is -2.33. The number of carbonyl (C=O) groups is 1. The van der Waals surface area contributed by atoms with Crippen molar-refractivity contribution in [1.82, 2.24) is 14.5 Å². The molecule has 0 saturated carbocycles. The van der Waals surface area contributed by atoms with Crippen LogP contribution in [0.1, 0.15) is 61.9 Å². The number of amides is 1. The Morgan fingerprint density at radius 3 is 2.96 bits per heavy atom. The van der Waals surface area contributed by atoms with Gasteiger partial charge >= 0.3 is 0 Å². The van der Waals surface area contributed by atoms with E-state index < -0.39 is 0 Å². The minimum absolute atomic E-state index is 0.282. The van der Waals surface area contributed by atoms with Crippen LogP contribution in [-0.4, -0.2) is 33.4 Å². The van der Waals surface area contributed by atoms with Gasteiger partial charge in [0.1, 0.15) is 5.82 Å². The standard InChI is InChI=1S/C22H31N3O/c1-3-4-14-24-16-13-23-22(24)20-10-7-15-25(17-20)21(26)12-11-19-9-6-5-8-18(19)2/h5-6,8-9,13,16,20H,3-4,7,10-12,14-15,17H2,1-2H3/t20-/m1/s1. The molecule has 1 saturated heterocycles. The third-order valence-corrected chi connectivity index (χ3v) is 5.51. The van der Waals surface area contributed by atoms with Crippen LogP contribution >= 0.6 is 0 Å². The van der Waals surface area contributed by atoms with Crippen molar-refractivity contribution in [1.29, 1.82) is 0 Å². The molecule has 1 aromatic heterocycles. The number of aromatic nitrogens is 2. The summed E-state index contributed by atoms with van der Waals surface area (Å²) in [6.45, 7) is 7.07. The van der Waals surface area contributed by atoms with Crippen molar-refractivity contribution in [2.75, 3.05) is 13.1 Å². The van der Waals surface area contributed by atoms with Crippen molar-refractivity contribution in [3.8, 4) is 0 Å². The van der Waals surface area contributed by atoms with Crippen LogP contribution in [0.5, 0.6) is 0 Å². The molecule has 4 nitrogen and oxygen atoms in total. The Bertz CT molecular complexity index is 722. The summed E-state index contributed by atoms with van der Waals surface area (Å²) < 4.78 is 2.29. The summed E-state index contributed by atoms with van der Waals surface area (Å²) in [6.07, 6.45) is 9.99. The third-order valence-electron chi connectivity index (χ3n) is 5.51. The number of piperidine rings is 1. The monoisotopic (exact) mass is 353 g/mol. The number of nitrogens with zero attached hydrogens (tertiary/aromatic N) is 3. The first-order valence-electron chi connectivity index (χ1n) is 10.0. The second-order valence-corrected chi connectivity index (χ2v) is 7.44. The third kappa shape index (κ3) is 4.54. The molecule has 1 aliphatic rings. The van der Waals surface area contributed by atoms with E-state index in [4.69, 9.17) is 0 Å². The van der Waals surface area contributed by atoms with E-state index in [1.54, 1.807) is 0 Å². The van der Waals surface area contributed by atoms with Crippen LogP contribution in [0.4, 0.5) is 0 Å². The van der Waals surface area contributed by atoms with E-state index >= 15 is 0 Å². The molecule has 0 spiro atoms. The first-order valence-corrected chi connectivity index (χ1v) is 10.0. The Morgan fingerprint density at radius 2 is 2.15 bits per heavy atom. The van der Waals surface area contributed by atoms with Crippen molar-refractivity contribution in [2.45, 2.75) is 64.8 Å². The first-order chi connectivity index (χ1) is 12.7. The van der Waals surface area contributed by atoms with E-state index in [0.29, 0.717) is 12.3 Å². The largest absolute Gasteiger partial charge is 0.342 e. The highest BCUT2D eigenvalue weighted by Gasteiger charge is 2.27. The SMILES string of the molecule is CCCCn1ccnc1[C@@H]1CCCN(C(=O)CCc2ccccc2C)C1. The molecular weight excluding hydrogens is 322 g/mol. The molecule has 0 aliphatic carbocycles. The molecule has 0 unspecified atom stereocenters. The van der Waals surface area contributed by atoms with Crippen LogP contribution in [0, 0.1) is 6.92 Å². The number of hydrogen-bond donors (Lipinski definition) is 0. The van der Waals surface area contributed by atoms with Gasteiger partial charge in [0.25, 0.3) is 0 Å². The Labute approximate surface area is 157 Å². The Hall–Kier alpha value is -2.10. The molecule has 26 heavy (non-hydrogen) atoms. The van der Waals surface area contributed by atoms with Gasteiger partial charge in [-0.1, -0.05) is 37.6 Å². The van der Waals surface area contributed by atoms with Crippen molar-refractivity contribution in [2.24, 2.45) is 0 Å². The molecule has 0 radical (unpaired) electrons. The van der Waals surface area contributed by atoms with E-state index in [1.807, 2.05) is 6.20 Å². The minimum Gasteiger partial charge on any atom is -0.342 e. The molecular formula is C22H31N3O. The van der Waals surface area contributed by atoms with Gasteiger partial charge < -0.3 is 9.47 Å². The molecule has 1 aliphatic heterocycles. The lowest BCUT2D eigenvalue weighted by atomic mass is 9.96. The van der Waals surface area contributed by atoms with Gasteiger partial charge in [-0.05, 0) is 43.7 Å². The number of carbonyl (C=O) groups excluding carboxylic acids is 1. The van der Waals surface area contributed by atoms with Gasteiger partial charge in [0.2, 0.25) is 5.91 Å². The van der Waals surface area contributed by atoms with E-state index in [1.165, 1.54) is 24.0 Å². The number of hydrogen-bond acceptors (Lipinski definition) is 2. The summed E-state index contributed by atoms with van der Waals surface area (Å²) in [7, 11) is 0. The minimum atomic E-state index is 0.282. The average Bonchev–Trinajstić information content (AvgIpc) is 3.14. The van der Waals surface area contributed by atoms with Crippen LogP contribution in [0.3, 0.4) is 0 Å². The molecule has 1 amide bonds. The fourth-order valence-corrected chi connectivity index (χ4v) is 3.90. The van der Waals surface area contributed by atoms with Gasteiger partial charge in [0.15, 0.2) is 0 Å². The number of aryl methyl sites for hydroxylation is 3. The molecule has 1 atom stereocenters. The molecule has 0 bridgehead atoms. The van der Waals surface area contributed by atoms with Gasteiger partial charge in [-0.2, -0.15) is 0 Å². The first kappa shape index (κ1) is 18.7. The zero-order valence-electron chi connectivity index (χ0n) is 16.2. The molecule has 1 aromatic carbocycles. The van der Waals surface area contributed by atoms with Crippen molar-refractivity contribution in [3.05, 3.63) is 53.6 Å². The maximum Gasteiger partial charge on any atom is 0.222 e. The number of imidazole rings is 1. The van der Waals surface area contributed by atoms with Crippen LogP contribution in [0.2, 0.25) is 0 Å². The highest BCUT2D eigenvalue weighted by Crippen LogP contribution is 2.26. The van der Waals surface area contributed by atoms with E-state index in [2.05, 4.69) is 58.8 Å². The molecule has 0 N–H and O–H groups in total. The summed E-state index contributed by atoms with van der Waals surface area (Å²) in [4.78, 5) is 19.4. The molecule has 140 valence electrons. The van der Waals surface area contributed by atoms with E-state index in [9.17, 15) is 4.79 Å². The number of likely N-dealkylation sites (tertiary alicyclic amines) is 1. The second-order valence-electron chi connectivity index (χ2n) is 7.44. The van der Waals surface area contributed by atoms with Crippen LogP contribution in [0.25, 0.3) is 0 Å². The molecule has 4 heteroatoms. The van der Waals surface area contributed by atoms with Crippen molar-refractivity contribution in [3.63, 3.8) is 0 Å². The maximum atomic E-state index is 12.8. The summed E-state index contributed by atoms with van der Waals surface area (Å²) in [6, 6.07) is 8.36. The van der Waals surface area contributed by atoms with Crippen molar-refractivity contribution < 1.29 is 4.79 Å². The van der Waals surface area contributed by atoms with Crippen LogP contribution in [0.15, 0.2) is 36.7 Å². The molecule has 2 aromatic rings. The summed E-state index contributed by atoms with van der Waals surface area (Å²) in [5.41, 5.74) is 2.55. The molecule has 3 rings (SSSR count). The Balaban J connectivity index is 1.59. The van der Waals surface area contributed by atoms with Gasteiger partial charge in [-0.3, -0.25) is 4.79 Å². The normalized spacial score (nSPS) is 17.5. The average molecular weight is 354 g/mol. The zero-order valence-corrected chi connectivity index (χ0v) is 16.2. The van der Waals surface area contributed by atoms with E-state index in [-0.39, 0.29) is 5.91 Å². The smallest absolute Gasteiger partial charge is 0.222 e. The topological polar surface area (TPSA) is 38.1 Å². The van der Waals surface area contributed by atoms with Gasteiger partial charge in [-0.15, -0.1) is 0 Å². The fraction of sp³-hybridized carbons (Fsp3) is 0.545. The van der Waals surface area contributed by atoms with Crippen LogP contribution in [-0.2, 0) is 17.8 Å². The predicted octanol–water partition coefficient (Wildman–Crippen LogP) is 4.33. The maximum absolute atomic E-state index is 12.8. The van der Waals surface area contributed by atoms with Gasteiger partial charge in [-0.25, -0.2) is 4.98 Å². The number of unbranched alkanes of at least 4 members (excludes halogenated alkanes) is 1. The zero-order chi connectivity index (χ0) is 18.4. The number of rotatable bonds is 7. The predicted molar refractivity (Wildman–Crippen MR) is 105 cm³/mol. The van der Waals surface area contributed by atoms with Crippen molar-refractivity contribution >= 4 is 5.91 Å². The summed E-state index contributed by atoms with van der Waals surface area (Å²) >= 11 is 0. The lowest BCUT2D eigenvalue weighted by Crippen LogP contribution is -2.39. The summed E-state index contributed by atoms with van der Waals surface area (Å²) in [5, 5.41) is 0. The lowest BCUT2D eigenvalue weighted by molar-refractivity contribution is -0.132. The summed E-state index contributed by atoms with van der Waals surface area (Å²) in [5.74, 6) is 1.82. The Kier molecular flexibility index (Phi) is 6.48. The molecule has 1 fully saturated rings. The van der Waals surface area contributed by atoms with E-state index in [0.717, 1.165) is 44.7 Å². The van der Waals surface area contributed by atoms with Gasteiger partial charge in [0, 0.05) is 44.4 Å². The molecule has 2 heterocycles. The second kappa shape index (κ2) is 9.02. The number of benzene rings is 1. The Morgan fingerprint density at radius 1 is 1.31 bits per heavy atom.